The lowest BCUT2D eigenvalue weighted by Crippen LogP contribution is -2.42. The van der Waals surface area contributed by atoms with Crippen LogP contribution in [0, 0.1) is 11.3 Å². The number of guanidine groups is 1. The van der Waals surface area contributed by atoms with Crippen LogP contribution in [-0.2, 0) is 6.54 Å². The Hall–Kier alpha value is -3.04. The Kier molecular flexibility index (Phi) is 8.10. The summed E-state index contributed by atoms with van der Waals surface area (Å²) in [6, 6.07) is 18.4. The highest BCUT2D eigenvalue weighted by Crippen LogP contribution is 2.27. The zero-order valence-corrected chi connectivity index (χ0v) is 17.9. The monoisotopic (exact) mass is 405 g/mol. The Balaban J connectivity index is 1.72. The number of nitrogens with zero attached hydrogens (tertiary/aromatic N) is 3. The molecule has 0 bridgehead atoms. The molecule has 0 spiro atoms. The first-order valence-corrected chi connectivity index (χ1v) is 10.6. The van der Waals surface area contributed by atoms with E-state index in [4.69, 9.17) is 15.0 Å². The normalized spacial score (nSPS) is 15.4. The molecule has 6 nitrogen and oxygen atoms in total. The number of hydrogen-bond donors (Lipinski definition) is 2. The average molecular weight is 406 g/mol. The molecule has 1 unspecified atom stereocenters. The van der Waals surface area contributed by atoms with Gasteiger partial charge in [0, 0.05) is 13.1 Å². The van der Waals surface area contributed by atoms with Gasteiger partial charge in [0.25, 0.3) is 0 Å². The third kappa shape index (κ3) is 5.98. The highest BCUT2D eigenvalue weighted by atomic mass is 16.5. The summed E-state index contributed by atoms with van der Waals surface area (Å²) >= 11 is 0. The molecular formula is C24H31N5O. The molecule has 2 aromatic carbocycles. The minimum Gasteiger partial charge on any atom is -0.497 e. The second kappa shape index (κ2) is 11.2. The second-order valence-corrected chi connectivity index (χ2v) is 7.42. The molecule has 2 aromatic rings. The topological polar surface area (TPSA) is 72.7 Å². The molecule has 0 aliphatic carbocycles. The maximum atomic E-state index is 9.09. The number of aliphatic imine (C=N–C) groups is 1. The number of rotatable bonds is 8. The van der Waals surface area contributed by atoms with Crippen LogP contribution in [0.5, 0.6) is 5.75 Å². The predicted octanol–water partition coefficient (Wildman–Crippen LogP) is 3.46. The third-order valence-corrected chi connectivity index (χ3v) is 5.34. The Bertz CT molecular complexity index is 883. The lowest BCUT2D eigenvalue weighted by atomic mass is 10.1. The van der Waals surface area contributed by atoms with E-state index in [1.54, 1.807) is 7.11 Å². The van der Waals surface area contributed by atoms with Crippen LogP contribution in [0.3, 0.4) is 0 Å². The summed E-state index contributed by atoms with van der Waals surface area (Å²) in [6.07, 6.45) is 2.48. The average Bonchev–Trinajstić information content (AvgIpc) is 3.32. The molecule has 0 aromatic heterocycles. The van der Waals surface area contributed by atoms with Crippen LogP contribution in [-0.4, -0.2) is 44.1 Å². The van der Waals surface area contributed by atoms with E-state index in [-0.39, 0.29) is 6.04 Å². The molecule has 0 amide bonds. The number of methoxy groups -OCH3 is 1. The van der Waals surface area contributed by atoms with E-state index in [1.165, 1.54) is 18.4 Å². The van der Waals surface area contributed by atoms with Crippen LogP contribution < -0.4 is 15.4 Å². The highest BCUT2D eigenvalue weighted by Gasteiger charge is 2.24. The van der Waals surface area contributed by atoms with E-state index in [2.05, 4.69) is 46.7 Å². The van der Waals surface area contributed by atoms with Crippen LogP contribution in [0.25, 0.3) is 0 Å². The smallest absolute Gasteiger partial charge is 0.191 e. The number of ether oxygens (including phenoxy) is 1. The summed E-state index contributed by atoms with van der Waals surface area (Å²) in [5.41, 5.74) is 2.93. The lowest BCUT2D eigenvalue weighted by molar-refractivity contribution is 0.245. The molecule has 1 aliphatic rings. The first-order valence-electron chi connectivity index (χ1n) is 10.6. The summed E-state index contributed by atoms with van der Waals surface area (Å²) in [4.78, 5) is 7.26. The van der Waals surface area contributed by atoms with E-state index < -0.39 is 0 Å². The van der Waals surface area contributed by atoms with Crippen molar-refractivity contribution in [1.82, 2.24) is 15.5 Å². The fourth-order valence-corrected chi connectivity index (χ4v) is 3.80. The van der Waals surface area contributed by atoms with Crippen LogP contribution in [0.4, 0.5) is 0 Å². The van der Waals surface area contributed by atoms with E-state index in [1.807, 2.05) is 30.3 Å². The van der Waals surface area contributed by atoms with Crippen molar-refractivity contribution in [3.05, 3.63) is 65.2 Å². The number of likely N-dealkylation sites (tertiary alicyclic amines) is 1. The van der Waals surface area contributed by atoms with E-state index in [9.17, 15) is 0 Å². The van der Waals surface area contributed by atoms with Crippen molar-refractivity contribution in [3.63, 3.8) is 0 Å². The minimum atomic E-state index is 0.258. The van der Waals surface area contributed by atoms with Crippen molar-refractivity contribution in [3.8, 4) is 11.8 Å². The molecular weight excluding hydrogens is 374 g/mol. The molecule has 3 rings (SSSR count). The number of benzene rings is 2. The zero-order valence-electron chi connectivity index (χ0n) is 17.9. The van der Waals surface area contributed by atoms with Crippen molar-refractivity contribution in [1.29, 1.82) is 5.26 Å². The first-order chi connectivity index (χ1) is 14.7. The molecule has 30 heavy (non-hydrogen) atoms. The van der Waals surface area contributed by atoms with Gasteiger partial charge in [0.1, 0.15) is 5.75 Å². The standard InChI is InChI=1S/C24H31N5O/c1-3-26-24(27-17-20-9-6-8-19(14-20)16-25)28-18-23(29-12-4-5-13-29)21-10-7-11-22(15-21)30-2/h6-11,14-15,23H,3-5,12-13,17-18H2,1-2H3,(H2,26,27,28). The predicted molar refractivity (Wildman–Crippen MR) is 121 cm³/mol. The van der Waals surface area contributed by atoms with E-state index in [0.717, 1.165) is 43.5 Å². The van der Waals surface area contributed by atoms with Crippen molar-refractivity contribution >= 4 is 5.96 Å². The quantitative estimate of drug-likeness (QED) is 0.520. The Morgan fingerprint density at radius 3 is 2.70 bits per heavy atom. The largest absolute Gasteiger partial charge is 0.497 e. The summed E-state index contributed by atoms with van der Waals surface area (Å²) in [7, 11) is 1.71. The van der Waals surface area contributed by atoms with Crippen molar-refractivity contribution in [2.45, 2.75) is 32.4 Å². The fourth-order valence-electron chi connectivity index (χ4n) is 3.80. The number of hydrogen-bond acceptors (Lipinski definition) is 4. The maximum Gasteiger partial charge on any atom is 0.191 e. The summed E-state index contributed by atoms with van der Waals surface area (Å²) in [6.45, 7) is 6.36. The maximum absolute atomic E-state index is 9.09. The molecule has 6 heteroatoms. The fraction of sp³-hybridized carbons (Fsp3) is 0.417. The van der Waals surface area contributed by atoms with Gasteiger partial charge in [-0.3, -0.25) is 4.90 Å². The Morgan fingerprint density at radius 1 is 1.17 bits per heavy atom. The molecule has 1 atom stereocenters. The Morgan fingerprint density at radius 2 is 1.97 bits per heavy atom. The van der Waals surface area contributed by atoms with Gasteiger partial charge in [-0.2, -0.15) is 5.26 Å². The molecule has 1 fully saturated rings. The van der Waals surface area contributed by atoms with Gasteiger partial charge >= 0.3 is 0 Å². The van der Waals surface area contributed by atoms with Crippen molar-refractivity contribution in [2.75, 3.05) is 33.3 Å². The molecule has 0 saturated carbocycles. The zero-order chi connectivity index (χ0) is 21.2. The van der Waals surface area contributed by atoms with Crippen LogP contribution in [0.1, 0.15) is 42.5 Å². The minimum absolute atomic E-state index is 0.258. The van der Waals surface area contributed by atoms with Crippen LogP contribution in [0.2, 0.25) is 0 Å². The molecule has 0 radical (unpaired) electrons. The van der Waals surface area contributed by atoms with Gasteiger partial charge in [0.15, 0.2) is 5.96 Å². The Labute approximate surface area is 179 Å². The first kappa shape index (κ1) is 21.7. The summed E-state index contributed by atoms with van der Waals surface area (Å²) in [5.74, 6) is 1.67. The molecule has 158 valence electrons. The third-order valence-electron chi connectivity index (χ3n) is 5.34. The van der Waals surface area contributed by atoms with E-state index in [0.29, 0.717) is 12.1 Å². The van der Waals surface area contributed by atoms with Gasteiger partial charge in [-0.1, -0.05) is 24.3 Å². The van der Waals surface area contributed by atoms with Gasteiger partial charge in [0.2, 0.25) is 0 Å². The molecule has 1 saturated heterocycles. The lowest BCUT2D eigenvalue weighted by Gasteiger charge is -2.29. The summed E-state index contributed by atoms with van der Waals surface area (Å²) < 4.78 is 5.44. The van der Waals surface area contributed by atoms with Gasteiger partial charge < -0.3 is 15.4 Å². The van der Waals surface area contributed by atoms with Gasteiger partial charge in [-0.15, -0.1) is 0 Å². The SMILES string of the molecule is CCNC(=NCc1cccc(C#N)c1)NCC(c1cccc(OC)c1)N1CCCC1. The number of nitriles is 1. The molecule has 1 heterocycles. The van der Waals surface area contributed by atoms with Crippen LogP contribution in [0.15, 0.2) is 53.5 Å². The van der Waals surface area contributed by atoms with E-state index >= 15 is 0 Å². The van der Waals surface area contributed by atoms with Gasteiger partial charge in [-0.05, 0) is 68.2 Å². The summed E-state index contributed by atoms with van der Waals surface area (Å²) in [5, 5.41) is 16.0. The molecule has 1 aliphatic heterocycles. The van der Waals surface area contributed by atoms with Gasteiger partial charge in [-0.25, -0.2) is 4.99 Å². The number of nitrogens with one attached hydrogen (secondary N) is 2. The second-order valence-electron chi connectivity index (χ2n) is 7.42. The van der Waals surface area contributed by atoms with Crippen molar-refractivity contribution in [2.24, 2.45) is 4.99 Å². The van der Waals surface area contributed by atoms with Crippen molar-refractivity contribution < 1.29 is 4.74 Å². The van der Waals surface area contributed by atoms with Gasteiger partial charge in [0.05, 0.1) is 31.3 Å². The van der Waals surface area contributed by atoms with Crippen LogP contribution >= 0.6 is 0 Å². The molecule has 2 N–H and O–H groups in total. The highest BCUT2D eigenvalue weighted by molar-refractivity contribution is 5.79.